The van der Waals surface area contributed by atoms with Crippen LogP contribution in [0.5, 0.6) is 5.75 Å². The van der Waals surface area contributed by atoms with Crippen molar-refractivity contribution in [1.29, 1.82) is 0 Å². The number of para-hydroxylation sites is 3. The van der Waals surface area contributed by atoms with Gasteiger partial charge in [0.05, 0.1) is 17.6 Å². The molecule has 0 aliphatic heterocycles. The predicted molar refractivity (Wildman–Crippen MR) is 119 cm³/mol. The van der Waals surface area contributed by atoms with Gasteiger partial charge in [-0.3, -0.25) is 0 Å². The summed E-state index contributed by atoms with van der Waals surface area (Å²) < 4.78 is 5.71. The zero-order chi connectivity index (χ0) is 20.3. The summed E-state index contributed by atoms with van der Waals surface area (Å²) in [6.45, 7) is 8.42. The van der Waals surface area contributed by atoms with Crippen molar-refractivity contribution in [2.75, 3.05) is 19.7 Å². The van der Waals surface area contributed by atoms with Crippen LogP contribution in [0.25, 0.3) is 11.0 Å². The number of aliphatic imine (C=N–C) groups is 1. The summed E-state index contributed by atoms with van der Waals surface area (Å²) in [5.74, 6) is 2.66. The summed E-state index contributed by atoms with van der Waals surface area (Å²) in [6.07, 6.45) is 3.59. The second-order valence-corrected chi connectivity index (χ2v) is 6.63. The van der Waals surface area contributed by atoms with Gasteiger partial charge in [0.1, 0.15) is 18.2 Å². The number of hydrogen-bond acceptors (Lipinski definition) is 3. The molecular weight excluding hydrogens is 362 g/mol. The van der Waals surface area contributed by atoms with E-state index in [1.54, 1.807) is 6.08 Å². The second-order valence-electron chi connectivity index (χ2n) is 6.63. The molecule has 29 heavy (non-hydrogen) atoms. The molecule has 0 radical (unpaired) electrons. The maximum absolute atomic E-state index is 5.71. The minimum absolute atomic E-state index is 0.487. The number of fused-ring (bicyclic) bond motifs is 1. The average molecular weight is 392 g/mol. The van der Waals surface area contributed by atoms with Crippen molar-refractivity contribution in [3.63, 3.8) is 0 Å². The minimum Gasteiger partial charge on any atom is -0.489 e. The second kappa shape index (κ2) is 10.9. The van der Waals surface area contributed by atoms with Crippen LogP contribution in [-0.2, 0) is 13.0 Å². The normalized spacial score (nSPS) is 11.4. The molecule has 0 aliphatic carbocycles. The molecule has 0 saturated carbocycles. The molecule has 1 heterocycles. The van der Waals surface area contributed by atoms with Crippen LogP contribution in [0.15, 0.2) is 66.2 Å². The third-order valence-corrected chi connectivity index (χ3v) is 4.40. The van der Waals surface area contributed by atoms with Crippen molar-refractivity contribution in [1.82, 2.24) is 20.6 Å². The molecule has 6 nitrogen and oxygen atoms in total. The van der Waals surface area contributed by atoms with Gasteiger partial charge in [-0.2, -0.15) is 0 Å². The Bertz CT molecular complexity index is 914. The van der Waals surface area contributed by atoms with E-state index < -0.39 is 0 Å². The molecule has 0 spiro atoms. The largest absolute Gasteiger partial charge is 0.489 e. The molecule has 152 valence electrons. The maximum atomic E-state index is 5.71. The lowest BCUT2D eigenvalue weighted by atomic mass is 10.2. The molecule has 1 aromatic heterocycles. The number of aryl methyl sites for hydroxylation is 1. The van der Waals surface area contributed by atoms with E-state index in [1.165, 1.54) is 0 Å². The van der Waals surface area contributed by atoms with Crippen LogP contribution in [-0.4, -0.2) is 35.6 Å². The van der Waals surface area contributed by atoms with Crippen molar-refractivity contribution in [2.24, 2.45) is 4.99 Å². The first kappa shape index (κ1) is 20.5. The molecule has 0 atom stereocenters. The summed E-state index contributed by atoms with van der Waals surface area (Å²) in [5.41, 5.74) is 3.15. The number of rotatable bonds is 10. The Kier molecular flexibility index (Phi) is 7.69. The number of benzene rings is 2. The monoisotopic (exact) mass is 391 g/mol. The van der Waals surface area contributed by atoms with E-state index in [2.05, 4.69) is 40.2 Å². The highest BCUT2D eigenvalue weighted by atomic mass is 16.5. The minimum atomic E-state index is 0.487. The Morgan fingerprint density at radius 1 is 1.17 bits per heavy atom. The summed E-state index contributed by atoms with van der Waals surface area (Å²) in [4.78, 5) is 12.7. The van der Waals surface area contributed by atoms with E-state index >= 15 is 0 Å². The fourth-order valence-electron chi connectivity index (χ4n) is 3.02. The lowest BCUT2D eigenvalue weighted by Crippen LogP contribution is -2.37. The van der Waals surface area contributed by atoms with Crippen LogP contribution >= 0.6 is 0 Å². The maximum Gasteiger partial charge on any atom is 0.191 e. The van der Waals surface area contributed by atoms with Crippen molar-refractivity contribution >= 4 is 17.0 Å². The van der Waals surface area contributed by atoms with Crippen molar-refractivity contribution < 1.29 is 4.74 Å². The summed E-state index contributed by atoms with van der Waals surface area (Å²) in [6, 6.07) is 16.1. The number of nitrogens with one attached hydrogen (secondary N) is 3. The first-order valence-electron chi connectivity index (χ1n) is 10.1. The van der Waals surface area contributed by atoms with Crippen LogP contribution in [0.1, 0.15) is 24.7 Å². The molecule has 3 rings (SSSR count). The topological polar surface area (TPSA) is 74.3 Å². The average Bonchev–Trinajstić information content (AvgIpc) is 3.17. The molecule has 3 aromatic rings. The Morgan fingerprint density at radius 3 is 2.83 bits per heavy atom. The molecule has 2 aromatic carbocycles. The number of imidazole rings is 1. The lowest BCUT2D eigenvalue weighted by Gasteiger charge is -2.12. The SMILES string of the molecule is C=CCOc1ccccc1CN=C(NCC)NCCCc1nc2ccccc2[nH]1. The third kappa shape index (κ3) is 6.10. The highest BCUT2D eigenvalue weighted by molar-refractivity contribution is 5.79. The smallest absolute Gasteiger partial charge is 0.191 e. The lowest BCUT2D eigenvalue weighted by molar-refractivity contribution is 0.359. The van der Waals surface area contributed by atoms with E-state index in [-0.39, 0.29) is 0 Å². The Labute approximate surface area is 172 Å². The summed E-state index contributed by atoms with van der Waals surface area (Å²) in [7, 11) is 0. The van der Waals surface area contributed by atoms with Gasteiger partial charge in [0.2, 0.25) is 0 Å². The van der Waals surface area contributed by atoms with Crippen LogP contribution in [0.4, 0.5) is 0 Å². The quantitative estimate of drug-likeness (QED) is 0.213. The summed E-state index contributed by atoms with van der Waals surface area (Å²) in [5, 5.41) is 6.69. The highest BCUT2D eigenvalue weighted by Gasteiger charge is 2.04. The van der Waals surface area contributed by atoms with Gasteiger partial charge in [0.25, 0.3) is 0 Å². The molecule has 0 fully saturated rings. The van der Waals surface area contributed by atoms with Crippen LogP contribution in [0.2, 0.25) is 0 Å². The molecule has 0 bridgehead atoms. The number of aromatic amines is 1. The van der Waals surface area contributed by atoms with Gasteiger partial charge in [-0.15, -0.1) is 0 Å². The third-order valence-electron chi connectivity index (χ3n) is 4.40. The van der Waals surface area contributed by atoms with Gasteiger partial charge in [-0.25, -0.2) is 9.98 Å². The zero-order valence-corrected chi connectivity index (χ0v) is 16.9. The molecule has 0 aliphatic rings. The number of ether oxygens (including phenoxy) is 1. The van der Waals surface area contributed by atoms with Crippen molar-refractivity contribution in [2.45, 2.75) is 26.3 Å². The van der Waals surface area contributed by atoms with Gasteiger partial charge >= 0.3 is 0 Å². The molecule has 0 unspecified atom stereocenters. The number of guanidine groups is 1. The number of nitrogens with zero attached hydrogens (tertiary/aromatic N) is 2. The van der Waals surface area contributed by atoms with Gasteiger partial charge in [-0.1, -0.05) is 43.0 Å². The predicted octanol–water partition coefficient (Wildman–Crippen LogP) is 3.82. The number of H-pyrrole nitrogens is 1. The van der Waals surface area contributed by atoms with Crippen LogP contribution in [0.3, 0.4) is 0 Å². The van der Waals surface area contributed by atoms with Crippen molar-refractivity contribution in [3.05, 3.63) is 72.6 Å². The Hall–Kier alpha value is -3.28. The van der Waals surface area contributed by atoms with E-state index in [4.69, 9.17) is 9.73 Å². The van der Waals surface area contributed by atoms with E-state index in [0.717, 1.165) is 60.1 Å². The van der Waals surface area contributed by atoms with Crippen LogP contribution < -0.4 is 15.4 Å². The van der Waals surface area contributed by atoms with Gasteiger partial charge in [0, 0.05) is 25.1 Å². The van der Waals surface area contributed by atoms with Crippen LogP contribution in [0, 0.1) is 0 Å². The van der Waals surface area contributed by atoms with E-state index in [0.29, 0.717) is 13.2 Å². The fourth-order valence-corrected chi connectivity index (χ4v) is 3.02. The molecule has 0 amide bonds. The number of hydrogen-bond donors (Lipinski definition) is 3. The fraction of sp³-hybridized carbons (Fsp3) is 0.304. The number of aromatic nitrogens is 2. The molecule has 3 N–H and O–H groups in total. The van der Waals surface area contributed by atoms with E-state index in [1.807, 2.05) is 42.5 Å². The van der Waals surface area contributed by atoms with Gasteiger partial charge < -0.3 is 20.4 Å². The van der Waals surface area contributed by atoms with Crippen molar-refractivity contribution in [3.8, 4) is 5.75 Å². The Morgan fingerprint density at radius 2 is 2.00 bits per heavy atom. The van der Waals surface area contributed by atoms with E-state index in [9.17, 15) is 0 Å². The molecular formula is C23H29N5O. The highest BCUT2D eigenvalue weighted by Crippen LogP contribution is 2.18. The summed E-state index contributed by atoms with van der Waals surface area (Å²) >= 11 is 0. The van der Waals surface area contributed by atoms with Gasteiger partial charge in [-0.05, 0) is 31.5 Å². The first-order valence-corrected chi connectivity index (χ1v) is 10.1. The molecule has 6 heteroatoms. The van der Waals surface area contributed by atoms with Gasteiger partial charge in [0.15, 0.2) is 5.96 Å². The Balaban J connectivity index is 1.52. The first-order chi connectivity index (χ1) is 14.3. The standard InChI is InChI=1S/C23H29N5O/c1-3-16-29-21-13-8-5-10-18(21)17-26-23(24-4-2)25-15-9-14-22-27-19-11-6-7-12-20(19)28-22/h3,5-8,10-13H,1,4,9,14-17H2,2H3,(H,27,28)(H2,24,25,26). The molecule has 0 saturated heterocycles. The zero-order valence-electron chi connectivity index (χ0n) is 16.9.